The molecular formula is C25H26ClN3O2. The molecule has 1 aliphatic rings. The second-order valence-corrected chi connectivity index (χ2v) is 8.34. The Balaban J connectivity index is 1.46. The summed E-state index contributed by atoms with van der Waals surface area (Å²) in [6.45, 7) is 1.66. The van der Waals surface area contributed by atoms with Crippen molar-refractivity contribution in [2.45, 2.75) is 25.3 Å². The minimum atomic E-state index is -0.875. The van der Waals surface area contributed by atoms with E-state index in [2.05, 4.69) is 45.9 Å². The maximum atomic E-state index is 11.1. The largest absolute Gasteiger partial charge is 0.481 e. The summed E-state index contributed by atoms with van der Waals surface area (Å²) in [6, 6.07) is 20.4. The molecule has 3 aromatic rings. The molecule has 0 saturated carbocycles. The number of halogens is 1. The molecule has 0 unspecified atom stereocenters. The van der Waals surface area contributed by atoms with E-state index in [-0.39, 0.29) is 12.5 Å². The van der Waals surface area contributed by atoms with E-state index in [1.165, 1.54) is 5.56 Å². The van der Waals surface area contributed by atoms with Crippen LogP contribution in [0.25, 0.3) is 0 Å². The third kappa shape index (κ3) is 5.43. The molecule has 1 aromatic heterocycles. The number of hydrogen-bond donors (Lipinski definition) is 3. The van der Waals surface area contributed by atoms with Gasteiger partial charge in [0.05, 0.1) is 17.8 Å². The van der Waals surface area contributed by atoms with Crippen LogP contribution in [-0.4, -0.2) is 29.1 Å². The van der Waals surface area contributed by atoms with Crippen LogP contribution in [0, 0.1) is 5.92 Å². The van der Waals surface area contributed by atoms with Crippen LogP contribution in [0.15, 0.2) is 66.9 Å². The minimum Gasteiger partial charge on any atom is -0.481 e. The van der Waals surface area contributed by atoms with E-state index in [1.807, 2.05) is 30.5 Å². The third-order valence-corrected chi connectivity index (χ3v) is 6.13. The fourth-order valence-corrected chi connectivity index (χ4v) is 4.41. The number of nitrogens with one attached hydrogen (secondary N) is 2. The molecule has 5 nitrogen and oxygen atoms in total. The van der Waals surface area contributed by atoms with Gasteiger partial charge in [0, 0.05) is 29.7 Å². The average Bonchev–Trinajstić information content (AvgIpc) is 2.79. The fourth-order valence-electron chi connectivity index (χ4n) is 4.23. The maximum absolute atomic E-state index is 11.1. The fraction of sp³-hybridized carbons (Fsp3) is 0.280. The summed E-state index contributed by atoms with van der Waals surface area (Å²) in [7, 11) is 0. The molecule has 2 atom stereocenters. The molecule has 6 heteroatoms. The molecule has 3 N–H and O–H groups in total. The Morgan fingerprint density at radius 1 is 1.19 bits per heavy atom. The van der Waals surface area contributed by atoms with Gasteiger partial charge in [-0.25, -0.2) is 0 Å². The van der Waals surface area contributed by atoms with Gasteiger partial charge in [0.2, 0.25) is 0 Å². The number of carboxylic acids is 1. The summed E-state index contributed by atoms with van der Waals surface area (Å²) in [5.41, 5.74) is 5.23. The van der Waals surface area contributed by atoms with Gasteiger partial charge in [-0.3, -0.25) is 9.78 Å². The highest BCUT2D eigenvalue weighted by Gasteiger charge is 2.27. The molecule has 0 spiro atoms. The van der Waals surface area contributed by atoms with Gasteiger partial charge in [-0.2, -0.15) is 0 Å². The molecule has 160 valence electrons. The van der Waals surface area contributed by atoms with Gasteiger partial charge in [0.15, 0.2) is 0 Å². The van der Waals surface area contributed by atoms with Crippen molar-refractivity contribution < 1.29 is 9.90 Å². The van der Waals surface area contributed by atoms with Crippen LogP contribution >= 0.6 is 11.6 Å². The lowest BCUT2D eigenvalue weighted by Gasteiger charge is -2.33. The average molecular weight is 436 g/mol. The predicted octanol–water partition coefficient (Wildman–Crippen LogP) is 4.52. The van der Waals surface area contributed by atoms with E-state index < -0.39 is 5.97 Å². The first-order valence-corrected chi connectivity index (χ1v) is 10.9. The molecule has 0 amide bonds. The first kappa shape index (κ1) is 21.3. The van der Waals surface area contributed by atoms with Crippen LogP contribution in [0.5, 0.6) is 0 Å². The van der Waals surface area contributed by atoms with Gasteiger partial charge in [-0.05, 0) is 54.3 Å². The molecule has 31 heavy (non-hydrogen) atoms. The molecule has 0 bridgehead atoms. The standard InChI is InChI=1S/C25H26ClN3O2/c26-21-9-8-17(13-19(21)15-24(30)31)10-12-28-25(18-5-2-1-3-6-18)20-14-23-22(29-16-20)7-4-11-27-23/h1-9,11,13,20,25,28-29H,10,12,14-16H2,(H,30,31)/t20-,25-/m1/s1. The number of hydrogen-bond acceptors (Lipinski definition) is 4. The Labute approximate surface area is 187 Å². The van der Waals surface area contributed by atoms with Crippen molar-refractivity contribution in [3.8, 4) is 0 Å². The number of benzene rings is 2. The lowest BCUT2D eigenvalue weighted by Crippen LogP contribution is -2.37. The van der Waals surface area contributed by atoms with Gasteiger partial charge in [0.1, 0.15) is 0 Å². The Morgan fingerprint density at radius 2 is 2.03 bits per heavy atom. The van der Waals surface area contributed by atoms with Crippen molar-refractivity contribution in [3.63, 3.8) is 0 Å². The molecule has 0 fully saturated rings. The molecule has 1 aliphatic heterocycles. The number of aromatic nitrogens is 1. The Bertz CT molecular complexity index is 1040. The zero-order chi connectivity index (χ0) is 21.6. The van der Waals surface area contributed by atoms with Crippen LogP contribution in [0.2, 0.25) is 5.02 Å². The SMILES string of the molecule is O=C(O)Cc1cc(CCN[C@H](c2ccccc2)[C@H]2CNc3cccnc3C2)ccc1Cl. The molecule has 2 heterocycles. The monoisotopic (exact) mass is 435 g/mol. The quantitative estimate of drug-likeness (QED) is 0.485. The first-order valence-electron chi connectivity index (χ1n) is 10.6. The zero-order valence-electron chi connectivity index (χ0n) is 17.2. The molecular weight excluding hydrogens is 410 g/mol. The van der Waals surface area contributed by atoms with E-state index in [1.54, 1.807) is 6.07 Å². The summed E-state index contributed by atoms with van der Waals surface area (Å²) in [5.74, 6) is -0.502. The minimum absolute atomic E-state index is 0.0626. The van der Waals surface area contributed by atoms with Crippen molar-refractivity contribution >= 4 is 23.3 Å². The van der Waals surface area contributed by atoms with Crippen molar-refractivity contribution in [1.29, 1.82) is 0 Å². The number of carboxylic acid groups (broad SMARTS) is 1. The van der Waals surface area contributed by atoms with Gasteiger partial charge in [-0.15, -0.1) is 0 Å². The van der Waals surface area contributed by atoms with Crippen LogP contribution in [0.4, 0.5) is 5.69 Å². The van der Waals surface area contributed by atoms with E-state index in [0.717, 1.165) is 42.9 Å². The summed E-state index contributed by atoms with van der Waals surface area (Å²) in [5, 5.41) is 16.9. The molecule has 0 saturated heterocycles. The van der Waals surface area contributed by atoms with Crippen LogP contribution in [0.3, 0.4) is 0 Å². The highest BCUT2D eigenvalue weighted by molar-refractivity contribution is 6.31. The van der Waals surface area contributed by atoms with E-state index >= 15 is 0 Å². The van der Waals surface area contributed by atoms with Crippen molar-refractivity contribution in [2.24, 2.45) is 5.92 Å². The second kappa shape index (κ2) is 9.94. The number of carbonyl (C=O) groups is 1. The van der Waals surface area contributed by atoms with Crippen molar-refractivity contribution in [2.75, 3.05) is 18.4 Å². The predicted molar refractivity (Wildman–Crippen MR) is 124 cm³/mol. The molecule has 0 radical (unpaired) electrons. The van der Waals surface area contributed by atoms with Crippen LogP contribution < -0.4 is 10.6 Å². The number of rotatable bonds is 8. The van der Waals surface area contributed by atoms with Crippen LogP contribution in [0.1, 0.15) is 28.4 Å². The normalized spacial score (nSPS) is 16.2. The number of pyridine rings is 1. The Hall–Kier alpha value is -2.89. The summed E-state index contributed by atoms with van der Waals surface area (Å²) in [4.78, 5) is 15.6. The smallest absolute Gasteiger partial charge is 0.307 e. The van der Waals surface area contributed by atoms with Crippen molar-refractivity contribution in [1.82, 2.24) is 10.3 Å². The van der Waals surface area contributed by atoms with Gasteiger partial charge in [-0.1, -0.05) is 54.1 Å². The summed E-state index contributed by atoms with van der Waals surface area (Å²) in [6.07, 6.45) is 3.50. The lowest BCUT2D eigenvalue weighted by atomic mass is 9.86. The molecule has 0 aliphatic carbocycles. The van der Waals surface area contributed by atoms with Gasteiger partial charge >= 0.3 is 5.97 Å². The lowest BCUT2D eigenvalue weighted by molar-refractivity contribution is -0.136. The highest BCUT2D eigenvalue weighted by atomic mass is 35.5. The second-order valence-electron chi connectivity index (χ2n) is 7.93. The van der Waals surface area contributed by atoms with E-state index in [9.17, 15) is 4.79 Å². The molecule has 2 aromatic carbocycles. The van der Waals surface area contributed by atoms with Crippen LogP contribution in [-0.2, 0) is 24.1 Å². The van der Waals surface area contributed by atoms with E-state index in [4.69, 9.17) is 16.7 Å². The zero-order valence-corrected chi connectivity index (χ0v) is 18.0. The molecule has 4 rings (SSSR count). The Morgan fingerprint density at radius 3 is 2.84 bits per heavy atom. The summed E-state index contributed by atoms with van der Waals surface area (Å²) < 4.78 is 0. The number of fused-ring (bicyclic) bond motifs is 1. The number of nitrogens with zero attached hydrogens (tertiary/aromatic N) is 1. The highest BCUT2D eigenvalue weighted by Crippen LogP contribution is 2.31. The number of anilines is 1. The van der Waals surface area contributed by atoms with E-state index in [0.29, 0.717) is 16.5 Å². The maximum Gasteiger partial charge on any atom is 0.307 e. The first-order chi connectivity index (χ1) is 15.1. The van der Waals surface area contributed by atoms with Gasteiger partial charge < -0.3 is 15.7 Å². The van der Waals surface area contributed by atoms with Crippen molar-refractivity contribution in [3.05, 3.63) is 94.3 Å². The topological polar surface area (TPSA) is 74.2 Å². The number of aliphatic carboxylic acids is 1. The Kier molecular flexibility index (Phi) is 6.85. The van der Waals surface area contributed by atoms with Gasteiger partial charge in [0.25, 0.3) is 0 Å². The third-order valence-electron chi connectivity index (χ3n) is 5.76. The summed E-state index contributed by atoms with van der Waals surface area (Å²) >= 11 is 6.16.